The van der Waals surface area contributed by atoms with E-state index < -0.39 is 0 Å². The van der Waals surface area contributed by atoms with Crippen LogP contribution in [-0.2, 0) is 13.1 Å². The van der Waals surface area contributed by atoms with Crippen molar-refractivity contribution in [3.63, 3.8) is 0 Å². The van der Waals surface area contributed by atoms with Crippen molar-refractivity contribution < 1.29 is 4.79 Å². The minimum Gasteiger partial charge on any atom is -0.334 e. The number of fused-ring (bicyclic) bond motifs is 1. The molecule has 1 aliphatic rings. The number of aromatic nitrogens is 2. The van der Waals surface area contributed by atoms with Crippen LogP contribution in [0.15, 0.2) is 59.4 Å². The molecule has 2 amide bonds. The number of carbonyl (C=O) groups is 1. The lowest BCUT2D eigenvalue weighted by Crippen LogP contribution is -2.46. The van der Waals surface area contributed by atoms with Crippen molar-refractivity contribution in [1.82, 2.24) is 20.2 Å². The summed E-state index contributed by atoms with van der Waals surface area (Å²) < 4.78 is 0. The van der Waals surface area contributed by atoms with E-state index in [-0.39, 0.29) is 17.6 Å². The Hall–Kier alpha value is -3.15. The SMILES string of the molecule is O=C(NCc1ccccc1)N(Cc1nc2ccccc2c(=O)[nH]1)C1CCCCC1. The molecule has 2 aromatic carbocycles. The second-order valence-corrected chi connectivity index (χ2v) is 7.59. The van der Waals surface area contributed by atoms with Crippen LogP contribution in [0.2, 0.25) is 0 Å². The first-order valence-electron chi connectivity index (χ1n) is 10.3. The van der Waals surface area contributed by atoms with E-state index >= 15 is 0 Å². The molecule has 4 rings (SSSR count). The number of para-hydroxylation sites is 1. The number of rotatable bonds is 5. The number of hydrogen-bond donors (Lipinski definition) is 2. The van der Waals surface area contributed by atoms with Crippen molar-refractivity contribution in [2.75, 3.05) is 0 Å². The van der Waals surface area contributed by atoms with Crippen LogP contribution in [-0.4, -0.2) is 26.9 Å². The number of nitrogens with zero attached hydrogens (tertiary/aromatic N) is 2. The highest BCUT2D eigenvalue weighted by Gasteiger charge is 2.26. The molecule has 1 heterocycles. The van der Waals surface area contributed by atoms with Crippen LogP contribution >= 0.6 is 0 Å². The van der Waals surface area contributed by atoms with E-state index in [1.54, 1.807) is 6.07 Å². The van der Waals surface area contributed by atoms with Crippen molar-refractivity contribution in [2.45, 2.75) is 51.2 Å². The topological polar surface area (TPSA) is 78.1 Å². The van der Waals surface area contributed by atoms with Gasteiger partial charge >= 0.3 is 6.03 Å². The zero-order chi connectivity index (χ0) is 20.1. The van der Waals surface area contributed by atoms with Crippen LogP contribution in [0.3, 0.4) is 0 Å². The summed E-state index contributed by atoms with van der Waals surface area (Å²) in [6.07, 6.45) is 5.41. The molecule has 1 saturated carbocycles. The lowest BCUT2D eigenvalue weighted by molar-refractivity contribution is 0.148. The summed E-state index contributed by atoms with van der Waals surface area (Å²) in [7, 11) is 0. The van der Waals surface area contributed by atoms with Crippen molar-refractivity contribution in [3.8, 4) is 0 Å². The molecule has 0 atom stereocenters. The third-order valence-electron chi connectivity index (χ3n) is 5.54. The van der Waals surface area contributed by atoms with Gasteiger partial charge in [-0.1, -0.05) is 61.7 Å². The summed E-state index contributed by atoms with van der Waals surface area (Å²) in [4.78, 5) is 34.8. The van der Waals surface area contributed by atoms with Gasteiger partial charge in [0, 0.05) is 12.6 Å². The fourth-order valence-corrected chi connectivity index (χ4v) is 4.01. The molecule has 0 aliphatic heterocycles. The number of nitrogens with one attached hydrogen (secondary N) is 2. The van der Waals surface area contributed by atoms with E-state index in [0.717, 1.165) is 31.2 Å². The lowest BCUT2D eigenvalue weighted by atomic mass is 9.94. The van der Waals surface area contributed by atoms with Crippen molar-refractivity contribution in [1.29, 1.82) is 0 Å². The molecule has 6 nitrogen and oxygen atoms in total. The van der Waals surface area contributed by atoms with Crippen LogP contribution in [0.5, 0.6) is 0 Å². The Morgan fingerprint density at radius 1 is 1.03 bits per heavy atom. The summed E-state index contributed by atoms with van der Waals surface area (Å²) in [5.74, 6) is 0.522. The van der Waals surface area contributed by atoms with Crippen LogP contribution in [0, 0.1) is 0 Å². The van der Waals surface area contributed by atoms with Gasteiger partial charge in [0.15, 0.2) is 0 Å². The standard InChI is InChI=1S/C23H26N4O2/c28-22-19-13-7-8-14-20(19)25-21(26-22)16-27(18-11-5-2-6-12-18)23(29)24-15-17-9-3-1-4-10-17/h1,3-4,7-10,13-14,18H,2,5-6,11-12,15-16H2,(H,24,29)(H,25,26,28). The van der Waals surface area contributed by atoms with Crippen LogP contribution in [0.1, 0.15) is 43.5 Å². The summed E-state index contributed by atoms with van der Waals surface area (Å²) in [6, 6.07) is 17.2. The molecule has 1 fully saturated rings. The van der Waals surface area contributed by atoms with Crippen molar-refractivity contribution >= 4 is 16.9 Å². The molecule has 6 heteroatoms. The van der Waals surface area contributed by atoms with Gasteiger partial charge in [0.25, 0.3) is 5.56 Å². The molecule has 1 aliphatic carbocycles. The van der Waals surface area contributed by atoms with Gasteiger partial charge in [-0.2, -0.15) is 0 Å². The van der Waals surface area contributed by atoms with E-state index in [0.29, 0.717) is 29.8 Å². The Labute approximate surface area is 170 Å². The van der Waals surface area contributed by atoms with E-state index in [1.807, 2.05) is 53.4 Å². The molecule has 1 aromatic heterocycles. The second kappa shape index (κ2) is 8.90. The number of amides is 2. The monoisotopic (exact) mass is 390 g/mol. The normalized spacial score (nSPS) is 14.6. The van der Waals surface area contributed by atoms with E-state index in [4.69, 9.17) is 0 Å². The zero-order valence-electron chi connectivity index (χ0n) is 16.4. The van der Waals surface area contributed by atoms with Gasteiger partial charge in [-0.25, -0.2) is 9.78 Å². The fourth-order valence-electron chi connectivity index (χ4n) is 4.01. The molecule has 0 bridgehead atoms. The highest BCUT2D eigenvalue weighted by Crippen LogP contribution is 2.24. The minimum absolute atomic E-state index is 0.114. The molecule has 3 aromatic rings. The number of urea groups is 1. The largest absolute Gasteiger partial charge is 0.334 e. The Morgan fingerprint density at radius 2 is 1.76 bits per heavy atom. The fraction of sp³-hybridized carbons (Fsp3) is 0.348. The van der Waals surface area contributed by atoms with Gasteiger partial charge in [0.1, 0.15) is 5.82 Å². The third-order valence-corrected chi connectivity index (χ3v) is 5.54. The molecule has 0 radical (unpaired) electrons. The van der Waals surface area contributed by atoms with Gasteiger partial charge in [-0.15, -0.1) is 0 Å². The van der Waals surface area contributed by atoms with E-state index in [9.17, 15) is 9.59 Å². The molecule has 0 spiro atoms. The summed E-state index contributed by atoms with van der Waals surface area (Å²) >= 11 is 0. The summed E-state index contributed by atoms with van der Waals surface area (Å²) in [5.41, 5.74) is 1.54. The summed E-state index contributed by atoms with van der Waals surface area (Å²) in [5, 5.41) is 3.60. The maximum Gasteiger partial charge on any atom is 0.318 e. The minimum atomic E-state index is -0.168. The maximum absolute atomic E-state index is 13.1. The molecular weight excluding hydrogens is 364 g/mol. The second-order valence-electron chi connectivity index (χ2n) is 7.59. The van der Waals surface area contributed by atoms with Crippen molar-refractivity contribution in [2.24, 2.45) is 0 Å². The Kier molecular flexibility index (Phi) is 5.89. The Balaban J connectivity index is 1.55. The lowest BCUT2D eigenvalue weighted by Gasteiger charge is -2.34. The van der Waals surface area contributed by atoms with Gasteiger partial charge in [-0.05, 0) is 30.5 Å². The number of carbonyl (C=O) groups excluding carboxylic acids is 1. The highest BCUT2D eigenvalue weighted by atomic mass is 16.2. The first-order chi connectivity index (χ1) is 14.2. The molecular formula is C23H26N4O2. The maximum atomic E-state index is 13.1. The molecule has 0 unspecified atom stereocenters. The molecule has 150 valence electrons. The first-order valence-corrected chi connectivity index (χ1v) is 10.3. The highest BCUT2D eigenvalue weighted by molar-refractivity contribution is 5.77. The average molecular weight is 390 g/mol. The number of hydrogen-bond acceptors (Lipinski definition) is 3. The average Bonchev–Trinajstić information content (AvgIpc) is 2.77. The third kappa shape index (κ3) is 4.65. The number of benzene rings is 2. The predicted octanol–water partition coefficient (Wildman–Crippen LogP) is 3.97. The predicted molar refractivity (Wildman–Crippen MR) is 113 cm³/mol. The molecule has 29 heavy (non-hydrogen) atoms. The smallest absolute Gasteiger partial charge is 0.318 e. The molecule has 0 saturated heterocycles. The van der Waals surface area contributed by atoms with Crippen LogP contribution < -0.4 is 10.9 Å². The Morgan fingerprint density at radius 3 is 2.55 bits per heavy atom. The van der Waals surface area contributed by atoms with E-state index in [1.165, 1.54) is 6.42 Å². The van der Waals surface area contributed by atoms with Gasteiger partial charge in [0.2, 0.25) is 0 Å². The summed E-state index contributed by atoms with van der Waals surface area (Å²) in [6.45, 7) is 0.774. The number of aromatic amines is 1. The van der Waals surface area contributed by atoms with E-state index in [2.05, 4.69) is 15.3 Å². The van der Waals surface area contributed by atoms with Crippen LogP contribution in [0.4, 0.5) is 4.79 Å². The quantitative estimate of drug-likeness (QED) is 0.692. The van der Waals surface area contributed by atoms with Crippen molar-refractivity contribution in [3.05, 3.63) is 76.3 Å². The molecule has 2 N–H and O–H groups in total. The van der Waals surface area contributed by atoms with Gasteiger partial charge in [0.05, 0.1) is 17.4 Å². The van der Waals surface area contributed by atoms with Gasteiger partial charge in [-0.3, -0.25) is 4.79 Å². The zero-order valence-corrected chi connectivity index (χ0v) is 16.4. The Bertz CT molecular complexity index is 1030. The first kappa shape index (κ1) is 19.2. The van der Waals surface area contributed by atoms with Gasteiger partial charge < -0.3 is 15.2 Å². The van der Waals surface area contributed by atoms with Crippen LogP contribution in [0.25, 0.3) is 10.9 Å². The number of H-pyrrole nitrogens is 1.